The van der Waals surface area contributed by atoms with Crippen LogP contribution >= 0.6 is 0 Å². The lowest BCUT2D eigenvalue weighted by Gasteiger charge is -2.42. The molecule has 0 aliphatic rings. The second-order valence-corrected chi connectivity index (χ2v) is 8.55. The topological polar surface area (TPSA) is 78.9 Å². The molecule has 2 aromatic rings. The molecule has 2 N–H and O–H groups in total. The minimum atomic E-state index is -0.549. The van der Waals surface area contributed by atoms with Crippen LogP contribution in [0.1, 0.15) is 59.3 Å². The lowest BCUT2D eigenvalue weighted by atomic mass is 9.72. The normalized spacial score (nSPS) is 12.5. The maximum atomic E-state index is 12.4. The van der Waals surface area contributed by atoms with Crippen LogP contribution in [0, 0.1) is 13.8 Å². The fourth-order valence-electron chi connectivity index (χ4n) is 4.44. The minimum Gasteiger partial charge on any atom is -0.444 e. The Kier molecular flexibility index (Phi) is 8.77. The molecule has 6 heteroatoms. The van der Waals surface area contributed by atoms with Gasteiger partial charge in [-0.2, -0.15) is 0 Å². The molecule has 6 nitrogen and oxygen atoms in total. The predicted molar refractivity (Wildman–Crippen MR) is 122 cm³/mol. The summed E-state index contributed by atoms with van der Waals surface area (Å²) in [5, 5.41) is 11.2. The maximum absolute atomic E-state index is 12.4. The van der Waals surface area contributed by atoms with Gasteiger partial charge in [0.1, 0.15) is 12.9 Å². The predicted octanol–water partition coefficient (Wildman–Crippen LogP) is 4.31. The van der Waals surface area contributed by atoms with Crippen molar-refractivity contribution in [2.45, 2.75) is 58.6 Å². The number of nitrogens with zero attached hydrogens (tertiary/aromatic N) is 1. The molecule has 168 valence electrons. The Balaban J connectivity index is 2.23. The highest BCUT2D eigenvalue weighted by molar-refractivity contribution is 5.79. The Morgan fingerprint density at radius 1 is 1.23 bits per heavy atom. The number of ether oxygens (including phenoxy) is 1. The van der Waals surface area contributed by atoms with E-state index < -0.39 is 11.5 Å². The van der Waals surface area contributed by atoms with Crippen molar-refractivity contribution < 1.29 is 19.4 Å². The molecule has 0 saturated heterocycles. The average molecular weight is 427 g/mol. The summed E-state index contributed by atoms with van der Waals surface area (Å²) in [5.74, 6) is 0. The number of nitrogens with one attached hydrogen (secondary N) is 1. The number of benzene rings is 2. The van der Waals surface area contributed by atoms with E-state index in [-0.39, 0.29) is 19.3 Å². The summed E-state index contributed by atoms with van der Waals surface area (Å²) in [5.41, 5.74) is 6.88. The van der Waals surface area contributed by atoms with Crippen molar-refractivity contribution in [3.63, 3.8) is 0 Å². The third kappa shape index (κ3) is 6.39. The molecule has 0 bridgehead atoms. The number of rotatable bonds is 10. The lowest BCUT2D eigenvalue weighted by Crippen LogP contribution is -2.54. The van der Waals surface area contributed by atoms with Gasteiger partial charge in [-0.1, -0.05) is 55.8 Å². The zero-order valence-corrected chi connectivity index (χ0v) is 19.1. The third-order valence-electron chi connectivity index (χ3n) is 5.70. The minimum absolute atomic E-state index is 0.0479. The van der Waals surface area contributed by atoms with Gasteiger partial charge in [0.25, 0.3) is 0 Å². The fourth-order valence-corrected chi connectivity index (χ4v) is 4.44. The monoisotopic (exact) mass is 426 g/mol. The van der Waals surface area contributed by atoms with Crippen molar-refractivity contribution in [2.24, 2.45) is 0 Å². The van der Waals surface area contributed by atoms with Crippen molar-refractivity contribution >= 4 is 12.4 Å². The number of carbonyl (C=O) groups excluding carboxylic acids is 2. The number of aldehydes is 1. The van der Waals surface area contributed by atoms with Crippen LogP contribution in [0.25, 0.3) is 0 Å². The van der Waals surface area contributed by atoms with Gasteiger partial charge < -0.3 is 9.84 Å². The zero-order chi connectivity index (χ0) is 23.0. The van der Waals surface area contributed by atoms with E-state index in [1.165, 1.54) is 0 Å². The van der Waals surface area contributed by atoms with Crippen molar-refractivity contribution in [3.8, 4) is 0 Å². The molecular weight excluding hydrogens is 392 g/mol. The summed E-state index contributed by atoms with van der Waals surface area (Å²) in [6.07, 6.45) is 1.54. The number of hydrogen-bond donors (Lipinski definition) is 2. The van der Waals surface area contributed by atoms with E-state index in [0.717, 1.165) is 28.5 Å². The van der Waals surface area contributed by atoms with Crippen LogP contribution in [-0.4, -0.2) is 42.2 Å². The summed E-state index contributed by atoms with van der Waals surface area (Å²) in [4.78, 5) is 24.3. The Morgan fingerprint density at radius 2 is 1.90 bits per heavy atom. The standard InChI is InChI=1S/C25H34N2O4/c1-18-14-19(2)23(21(15-18)16-29)25(3,4)22(12-9-13-28)27(5)26-24(30)31-17-20-10-7-6-8-11-20/h6-8,10-11,14-16,22,28H,9,12-13,17H2,1-5H3,(H,26,30). The van der Waals surface area contributed by atoms with Gasteiger partial charge in [-0.3, -0.25) is 10.2 Å². The molecule has 1 atom stereocenters. The first kappa shape index (κ1) is 24.6. The molecule has 0 heterocycles. The van der Waals surface area contributed by atoms with Crippen molar-refractivity contribution in [1.82, 2.24) is 10.4 Å². The number of carbonyl (C=O) groups is 2. The van der Waals surface area contributed by atoms with E-state index in [1.807, 2.05) is 50.2 Å². The highest BCUT2D eigenvalue weighted by Crippen LogP contribution is 2.36. The smallest absolute Gasteiger partial charge is 0.422 e. The molecule has 2 rings (SSSR count). The van der Waals surface area contributed by atoms with Gasteiger partial charge >= 0.3 is 6.09 Å². The first-order valence-corrected chi connectivity index (χ1v) is 10.6. The number of aliphatic hydroxyl groups is 1. The summed E-state index contributed by atoms with van der Waals surface area (Å²) in [6.45, 7) is 8.32. The quantitative estimate of drug-likeness (QED) is 0.437. The highest BCUT2D eigenvalue weighted by Gasteiger charge is 2.37. The van der Waals surface area contributed by atoms with Gasteiger partial charge in [0.05, 0.1) is 0 Å². The largest absolute Gasteiger partial charge is 0.444 e. The second kappa shape index (κ2) is 11.1. The molecular formula is C25H34N2O4. The van der Waals surface area contributed by atoms with E-state index in [1.54, 1.807) is 12.1 Å². The van der Waals surface area contributed by atoms with Gasteiger partial charge in [-0.15, -0.1) is 0 Å². The van der Waals surface area contributed by atoms with Gasteiger partial charge in [-0.25, -0.2) is 9.80 Å². The van der Waals surface area contributed by atoms with E-state index in [0.29, 0.717) is 18.4 Å². The Bertz CT molecular complexity index is 881. The number of amides is 1. The van der Waals surface area contributed by atoms with Crippen LogP contribution in [-0.2, 0) is 16.8 Å². The Labute approximate surface area is 185 Å². The van der Waals surface area contributed by atoms with Gasteiger partial charge in [-0.05, 0) is 49.4 Å². The van der Waals surface area contributed by atoms with Crippen LogP contribution in [0.4, 0.5) is 4.79 Å². The second-order valence-electron chi connectivity index (χ2n) is 8.55. The van der Waals surface area contributed by atoms with E-state index in [9.17, 15) is 14.7 Å². The molecule has 0 aliphatic carbocycles. The molecule has 31 heavy (non-hydrogen) atoms. The van der Waals surface area contributed by atoms with E-state index in [2.05, 4.69) is 25.3 Å². The summed E-state index contributed by atoms with van der Waals surface area (Å²) < 4.78 is 5.36. The summed E-state index contributed by atoms with van der Waals surface area (Å²) in [7, 11) is 1.79. The van der Waals surface area contributed by atoms with E-state index in [4.69, 9.17) is 4.74 Å². The number of aryl methyl sites for hydroxylation is 2. The molecule has 1 unspecified atom stereocenters. The molecule has 2 aromatic carbocycles. The van der Waals surface area contributed by atoms with Crippen LogP contribution in [0.3, 0.4) is 0 Å². The van der Waals surface area contributed by atoms with Crippen molar-refractivity contribution in [3.05, 3.63) is 70.3 Å². The molecule has 0 saturated carbocycles. The molecule has 0 aliphatic heterocycles. The van der Waals surface area contributed by atoms with Crippen molar-refractivity contribution in [1.29, 1.82) is 0 Å². The number of hydrogen-bond acceptors (Lipinski definition) is 5. The van der Waals surface area contributed by atoms with Crippen molar-refractivity contribution in [2.75, 3.05) is 13.7 Å². The first-order valence-electron chi connectivity index (χ1n) is 10.6. The first-order chi connectivity index (χ1) is 14.7. The van der Waals surface area contributed by atoms with Crippen LogP contribution in [0.15, 0.2) is 42.5 Å². The van der Waals surface area contributed by atoms with E-state index >= 15 is 0 Å². The summed E-state index contributed by atoms with van der Waals surface area (Å²) >= 11 is 0. The van der Waals surface area contributed by atoms with Crippen LogP contribution in [0.2, 0.25) is 0 Å². The molecule has 1 amide bonds. The lowest BCUT2D eigenvalue weighted by molar-refractivity contribution is 0.0659. The molecule has 0 radical (unpaired) electrons. The molecule has 0 fully saturated rings. The number of hydrazine groups is 1. The van der Waals surface area contributed by atoms with Gasteiger partial charge in [0.15, 0.2) is 0 Å². The zero-order valence-electron chi connectivity index (χ0n) is 19.1. The SMILES string of the molecule is Cc1cc(C)c(C(C)(C)C(CCCO)N(C)NC(=O)OCc2ccccc2)c(C=O)c1. The highest BCUT2D eigenvalue weighted by atomic mass is 16.6. The maximum Gasteiger partial charge on any atom is 0.422 e. The molecule has 0 aromatic heterocycles. The molecule has 0 spiro atoms. The Hall–Kier alpha value is -2.70. The summed E-state index contributed by atoms with van der Waals surface area (Å²) in [6, 6.07) is 13.3. The number of aliphatic hydroxyl groups excluding tert-OH is 1. The van der Waals surface area contributed by atoms with Gasteiger partial charge in [0.2, 0.25) is 0 Å². The van der Waals surface area contributed by atoms with Crippen LogP contribution in [0.5, 0.6) is 0 Å². The third-order valence-corrected chi connectivity index (χ3v) is 5.70. The average Bonchev–Trinajstić information content (AvgIpc) is 2.72. The fraction of sp³-hybridized carbons (Fsp3) is 0.440. The number of likely N-dealkylation sites (N-methyl/N-ethyl adjacent to an activating group) is 1. The Morgan fingerprint density at radius 3 is 2.52 bits per heavy atom. The van der Waals surface area contributed by atoms with Crippen LogP contribution < -0.4 is 5.43 Å². The van der Waals surface area contributed by atoms with Gasteiger partial charge in [0, 0.05) is 30.7 Å².